The minimum Gasteiger partial charge on any atom is -0.456 e. The molecule has 4 aromatic heterocycles. The Bertz CT molecular complexity index is 3030. The first kappa shape index (κ1) is 25.5. The minimum atomic E-state index is 0.0126. The molecule has 1 atom stereocenters. The fourth-order valence-electron chi connectivity index (χ4n) is 8.18. The molecule has 10 aromatic rings. The molecular formula is C43H25NO2S. The van der Waals surface area contributed by atoms with E-state index in [-0.39, 0.29) is 11.3 Å². The Kier molecular flexibility index (Phi) is 4.98. The first-order valence-electron chi connectivity index (χ1n) is 16.1. The highest BCUT2D eigenvalue weighted by atomic mass is 32.1. The van der Waals surface area contributed by atoms with Crippen LogP contribution in [-0.4, -0.2) is 4.40 Å². The number of fused-ring (bicyclic) bond motifs is 11. The van der Waals surface area contributed by atoms with Crippen molar-refractivity contribution in [3.8, 4) is 11.1 Å². The Labute approximate surface area is 272 Å². The van der Waals surface area contributed by atoms with E-state index in [1.807, 2.05) is 47.7 Å². The Hall–Kier alpha value is -5.71. The number of rotatable bonds is 2. The number of hydrogen-bond acceptors (Lipinski definition) is 3. The van der Waals surface area contributed by atoms with Gasteiger partial charge in [0.2, 0.25) is 5.43 Å². The summed E-state index contributed by atoms with van der Waals surface area (Å²) in [6, 6.07) is 42.6. The standard InChI is InChI=1S/C43H25NO2S/c45-43-32-8-2-4-13-37(32)46-38-23-26(16-19-33(38)43)27-9-6-14-40-41(27)34-21-24(17-20-39(34)47-40)25-15-18-29-31-11-5-10-30-28-7-1-3-12-35(28)44(42(30)31)36(29)22-25/h1-20,22-24H,21H2/t24-/m0/s1. The van der Waals surface area contributed by atoms with Crippen LogP contribution in [0.3, 0.4) is 0 Å². The molecule has 0 bridgehead atoms. The molecule has 0 amide bonds. The molecule has 0 aliphatic heterocycles. The Balaban J connectivity index is 1.06. The monoisotopic (exact) mass is 619 g/mol. The zero-order chi connectivity index (χ0) is 30.8. The van der Waals surface area contributed by atoms with Gasteiger partial charge in [0.15, 0.2) is 0 Å². The number of thiophene rings is 1. The molecule has 0 saturated carbocycles. The average Bonchev–Trinajstić information content (AvgIpc) is 3.78. The van der Waals surface area contributed by atoms with E-state index in [1.54, 1.807) is 0 Å². The molecule has 6 aromatic carbocycles. The number of hydrogen-bond donors (Lipinski definition) is 0. The molecule has 3 nitrogen and oxygen atoms in total. The molecule has 0 unspecified atom stereocenters. The van der Waals surface area contributed by atoms with Gasteiger partial charge in [-0.3, -0.25) is 4.79 Å². The number of aromatic nitrogens is 1. The topological polar surface area (TPSA) is 34.6 Å². The molecule has 11 rings (SSSR count). The average molecular weight is 620 g/mol. The van der Waals surface area contributed by atoms with Gasteiger partial charge in [-0.05, 0) is 77.2 Å². The number of benzene rings is 6. The van der Waals surface area contributed by atoms with E-state index in [0.717, 1.165) is 12.0 Å². The number of para-hydroxylation sites is 3. The highest BCUT2D eigenvalue weighted by Crippen LogP contribution is 2.45. The van der Waals surface area contributed by atoms with Crippen LogP contribution in [0.5, 0.6) is 0 Å². The lowest BCUT2D eigenvalue weighted by Gasteiger charge is -2.19. The number of allylic oxidation sites excluding steroid dienone is 1. The van der Waals surface area contributed by atoms with Gasteiger partial charge in [0, 0.05) is 42.4 Å². The van der Waals surface area contributed by atoms with Gasteiger partial charge in [0.05, 0.1) is 27.3 Å². The quantitative estimate of drug-likeness (QED) is 0.180. The van der Waals surface area contributed by atoms with E-state index in [2.05, 4.69) is 101 Å². The fraction of sp³-hybridized carbons (Fsp3) is 0.0465. The van der Waals surface area contributed by atoms with Crippen LogP contribution in [0.2, 0.25) is 0 Å². The summed E-state index contributed by atoms with van der Waals surface area (Å²) in [5.41, 5.74) is 10.1. The van der Waals surface area contributed by atoms with Crippen molar-refractivity contribution in [2.24, 2.45) is 0 Å². The summed E-state index contributed by atoms with van der Waals surface area (Å²) >= 11 is 1.86. The SMILES string of the molecule is O=c1c2ccccc2oc2cc(-c3cccc4sc5c(c34)C[C@@H](c3ccc4c6cccc7c8ccccc8n(c4c3)c76)C=C5)ccc12. The molecule has 47 heavy (non-hydrogen) atoms. The summed E-state index contributed by atoms with van der Waals surface area (Å²) in [5, 5.41) is 7.77. The first-order valence-corrected chi connectivity index (χ1v) is 16.9. The van der Waals surface area contributed by atoms with E-state index < -0.39 is 0 Å². The van der Waals surface area contributed by atoms with E-state index in [0.29, 0.717) is 21.9 Å². The molecule has 0 fully saturated rings. The normalized spacial score (nSPS) is 14.9. The van der Waals surface area contributed by atoms with Crippen LogP contribution in [0.15, 0.2) is 137 Å². The summed E-state index contributed by atoms with van der Waals surface area (Å²) in [6.45, 7) is 0. The summed E-state index contributed by atoms with van der Waals surface area (Å²) in [5.74, 6) is 0.265. The van der Waals surface area contributed by atoms with Gasteiger partial charge in [0.25, 0.3) is 0 Å². The molecule has 1 aliphatic rings. The predicted molar refractivity (Wildman–Crippen MR) is 197 cm³/mol. The highest BCUT2D eigenvalue weighted by Gasteiger charge is 2.24. The van der Waals surface area contributed by atoms with Gasteiger partial charge in [0.1, 0.15) is 11.2 Å². The van der Waals surface area contributed by atoms with Crippen molar-refractivity contribution in [3.63, 3.8) is 0 Å². The number of nitrogens with zero attached hydrogens (tertiary/aromatic N) is 1. The smallest absolute Gasteiger partial charge is 0.200 e. The summed E-state index contributed by atoms with van der Waals surface area (Å²) in [7, 11) is 0. The van der Waals surface area contributed by atoms with Crippen molar-refractivity contribution in [2.75, 3.05) is 0 Å². The maximum atomic E-state index is 13.2. The lowest BCUT2D eigenvalue weighted by molar-refractivity contribution is 0.660. The molecule has 220 valence electrons. The van der Waals surface area contributed by atoms with Gasteiger partial charge >= 0.3 is 0 Å². The van der Waals surface area contributed by atoms with Crippen LogP contribution in [0.25, 0.3) is 87.3 Å². The van der Waals surface area contributed by atoms with Crippen molar-refractivity contribution in [3.05, 3.63) is 154 Å². The van der Waals surface area contributed by atoms with E-state index in [1.165, 1.54) is 69.7 Å². The Morgan fingerprint density at radius 2 is 1.40 bits per heavy atom. The lowest BCUT2D eigenvalue weighted by Crippen LogP contribution is -2.04. The zero-order valence-corrected chi connectivity index (χ0v) is 26.0. The molecule has 4 heteroatoms. The van der Waals surface area contributed by atoms with Crippen LogP contribution in [0.1, 0.15) is 21.9 Å². The van der Waals surface area contributed by atoms with Crippen LogP contribution in [0.4, 0.5) is 0 Å². The zero-order valence-electron chi connectivity index (χ0n) is 25.2. The maximum absolute atomic E-state index is 13.2. The van der Waals surface area contributed by atoms with Crippen molar-refractivity contribution >= 4 is 87.5 Å². The van der Waals surface area contributed by atoms with Gasteiger partial charge in [-0.25, -0.2) is 0 Å². The third kappa shape index (κ3) is 3.43. The Morgan fingerprint density at radius 1 is 0.660 bits per heavy atom. The third-order valence-electron chi connectivity index (χ3n) is 10.3. The summed E-state index contributed by atoms with van der Waals surface area (Å²) in [6.07, 6.45) is 5.65. The van der Waals surface area contributed by atoms with Crippen molar-refractivity contribution in [1.29, 1.82) is 0 Å². The third-order valence-corrected chi connectivity index (χ3v) is 11.5. The van der Waals surface area contributed by atoms with Crippen LogP contribution >= 0.6 is 11.3 Å². The molecule has 0 N–H and O–H groups in total. The van der Waals surface area contributed by atoms with Crippen LogP contribution in [0, 0.1) is 0 Å². The second kappa shape index (κ2) is 9.18. The molecular weight excluding hydrogens is 595 g/mol. The molecule has 4 heterocycles. The highest BCUT2D eigenvalue weighted by molar-refractivity contribution is 7.20. The van der Waals surface area contributed by atoms with Crippen molar-refractivity contribution < 1.29 is 4.42 Å². The fourth-order valence-corrected chi connectivity index (χ4v) is 9.35. The van der Waals surface area contributed by atoms with Crippen molar-refractivity contribution in [1.82, 2.24) is 4.40 Å². The van der Waals surface area contributed by atoms with Gasteiger partial charge < -0.3 is 8.82 Å². The van der Waals surface area contributed by atoms with E-state index in [9.17, 15) is 4.79 Å². The predicted octanol–water partition coefficient (Wildman–Crippen LogP) is 11.3. The molecule has 1 aliphatic carbocycles. The minimum absolute atomic E-state index is 0.0126. The van der Waals surface area contributed by atoms with Gasteiger partial charge in [-0.2, -0.15) is 0 Å². The second-order valence-corrected chi connectivity index (χ2v) is 13.8. The Morgan fingerprint density at radius 3 is 2.32 bits per heavy atom. The van der Waals surface area contributed by atoms with Crippen molar-refractivity contribution in [2.45, 2.75) is 12.3 Å². The van der Waals surface area contributed by atoms with E-state index >= 15 is 0 Å². The van der Waals surface area contributed by atoms with Gasteiger partial charge in [-0.1, -0.05) is 84.9 Å². The molecule has 0 saturated heterocycles. The van der Waals surface area contributed by atoms with E-state index in [4.69, 9.17) is 4.42 Å². The largest absolute Gasteiger partial charge is 0.456 e. The maximum Gasteiger partial charge on any atom is 0.200 e. The first-order chi connectivity index (χ1) is 23.2. The van der Waals surface area contributed by atoms with Crippen LogP contribution in [-0.2, 0) is 6.42 Å². The van der Waals surface area contributed by atoms with Crippen LogP contribution < -0.4 is 5.43 Å². The van der Waals surface area contributed by atoms with Gasteiger partial charge in [-0.15, -0.1) is 11.3 Å². The summed E-state index contributed by atoms with van der Waals surface area (Å²) < 4.78 is 10.0. The lowest BCUT2D eigenvalue weighted by atomic mass is 9.85. The second-order valence-electron chi connectivity index (χ2n) is 12.8. The summed E-state index contributed by atoms with van der Waals surface area (Å²) in [4.78, 5) is 14.6. The molecule has 0 spiro atoms. The molecule has 0 radical (unpaired) electrons.